The van der Waals surface area contributed by atoms with Crippen LogP contribution >= 0.6 is 0 Å². The van der Waals surface area contributed by atoms with Crippen LogP contribution in [0.5, 0.6) is 0 Å². The predicted octanol–water partition coefficient (Wildman–Crippen LogP) is 2.51. The van der Waals surface area contributed by atoms with Gasteiger partial charge in [-0.1, -0.05) is 12.8 Å². The lowest BCUT2D eigenvalue weighted by molar-refractivity contribution is -0.225. The Morgan fingerprint density at radius 3 is 2.12 bits per heavy atom. The summed E-state index contributed by atoms with van der Waals surface area (Å²) in [7, 11) is -5.86. The fourth-order valence-electron chi connectivity index (χ4n) is 6.53. The molecule has 0 aliphatic heterocycles. The maximum Gasteiger partial charge on any atom is 0.465 e. The number of aliphatic hydroxyl groups is 1. The van der Waals surface area contributed by atoms with Gasteiger partial charge in [-0.15, -0.1) is 0 Å². The summed E-state index contributed by atoms with van der Waals surface area (Å²) in [5.74, 6) is -2.11. The molecule has 0 heterocycles. The van der Waals surface area contributed by atoms with Crippen molar-refractivity contribution in [2.45, 2.75) is 74.7 Å². The Morgan fingerprint density at radius 2 is 1.62 bits per heavy atom. The largest absolute Gasteiger partial charge is 0.465 e. The van der Waals surface area contributed by atoms with Crippen molar-refractivity contribution in [3.8, 4) is 0 Å². The lowest BCUT2D eigenvalue weighted by Crippen LogP contribution is -2.62. The normalized spacial score (nSPS) is 41.4. The summed E-state index contributed by atoms with van der Waals surface area (Å²) in [6.07, 6.45) is 6.34. The van der Waals surface area contributed by atoms with Gasteiger partial charge in [-0.05, 0) is 62.7 Å². The SMILES string of the molecule is O=C(OC1C2CC3CC1CC(C1(O)CCCC1)(C3)C2)C(F)(F)S(=O)(=O)O. The molecule has 2 atom stereocenters. The van der Waals surface area contributed by atoms with E-state index in [9.17, 15) is 27.1 Å². The van der Waals surface area contributed by atoms with Gasteiger partial charge in [0.25, 0.3) is 0 Å². The van der Waals surface area contributed by atoms with Crippen molar-refractivity contribution >= 4 is 16.1 Å². The highest BCUT2D eigenvalue weighted by Crippen LogP contribution is 2.66. The van der Waals surface area contributed by atoms with Crippen LogP contribution in [0.1, 0.15) is 57.8 Å². The average Bonchev–Trinajstić information content (AvgIpc) is 2.97. The van der Waals surface area contributed by atoms with E-state index in [1.54, 1.807) is 0 Å². The van der Waals surface area contributed by atoms with E-state index >= 15 is 0 Å². The van der Waals surface area contributed by atoms with Crippen LogP contribution in [0.15, 0.2) is 0 Å². The maximum atomic E-state index is 13.6. The lowest BCUT2D eigenvalue weighted by atomic mass is 9.44. The molecule has 0 saturated heterocycles. The summed E-state index contributed by atoms with van der Waals surface area (Å²) < 4.78 is 62.3. The standard InChI is InChI=1S/C17H24F2O6S/c18-17(19,26(22,23)24)14(20)25-13-11-5-10-6-12(13)9-15(7-10,8-11)16(21)3-1-2-4-16/h10-13,21H,1-9H2,(H,22,23,24). The molecule has 9 heteroatoms. The number of hydrogen-bond acceptors (Lipinski definition) is 5. The Labute approximate surface area is 151 Å². The Hall–Kier alpha value is -0.800. The average molecular weight is 394 g/mol. The third kappa shape index (κ3) is 2.53. The van der Waals surface area contributed by atoms with Crippen molar-refractivity contribution in [1.29, 1.82) is 0 Å². The van der Waals surface area contributed by atoms with Gasteiger partial charge in [0.15, 0.2) is 0 Å². The summed E-state index contributed by atoms with van der Waals surface area (Å²) in [6.45, 7) is 0. The van der Waals surface area contributed by atoms with Crippen LogP contribution < -0.4 is 0 Å². The number of carbonyl (C=O) groups excluding carboxylic acids is 1. The second-order valence-electron chi connectivity index (χ2n) is 8.85. The van der Waals surface area contributed by atoms with Gasteiger partial charge in [0.1, 0.15) is 6.10 Å². The fraction of sp³-hybridized carbons (Fsp3) is 0.941. The molecule has 0 spiro atoms. The van der Waals surface area contributed by atoms with Gasteiger partial charge in [-0.2, -0.15) is 17.2 Å². The van der Waals surface area contributed by atoms with E-state index in [-0.39, 0.29) is 17.3 Å². The molecule has 5 saturated carbocycles. The number of ether oxygens (including phenoxy) is 1. The molecular formula is C17H24F2O6S. The van der Waals surface area contributed by atoms with Crippen molar-refractivity contribution in [3.05, 3.63) is 0 Å². The smallest absolute Gasteiger partial charge is 0.456 e. The molecule has 5 aliphatic carbocycles. The molecule has 0 amide bonds. The molecule has 26 heavy (non-hydrogen) atoms. The molecule has 148 valence electrons. The summed E-state index contributed by atoms with van der Waals surface area (Å²) >= 11 is 0. The predicted molar refractivity (Wildman–Crippen MR) is 85.8 cm³/mol. The van der Waals surface area contributed by atoms with Gasteiger partial charge in [0, 0.05) is 5.41 Å². The first kappa shape index (κ1) is 18.6. The highest BCUT2D eigenvalue weighted by atomic mass is 32.2. The molecule has 0 aromatic heterocycles. The fourth-order valence-corrected chi connectivity index (χ4v) is 6.79. The Kier molecular flexibility index (Phi) is 4.00. The molecule has 5 rings (SSSR count). The summed E-state index contributed by atoms with van der Waals surface area (Å²) in [4.78, 5) is 11.7. The summed E-state index contributed by atoms with van der Waals surface area (Å²) in [6, 6.07) is 0. The zero-order valence-corrected chi connectivity index (χ0v) is 15.2. The molecule has 0 aromatic carbocycles. The molecule has 0 radical (unpaired) electrons. The van der Waals surface area contributed by atoms with Crippen molar-refractivity contribution < 1.29 is 36.4 Å². The van der Waals surface area contributed by atoms with Crippen LogP contribution in [0.25, 0.3) is 0 Å². The van der Waals surface area contributed by atoms with E-state index in [0.29, 0.717) is 18.8 Å². The van der Waals surface area contributed by atoms with Crippen molar-refractivity contribution in [1.82, 2.24) is 0 Å². The Balaban J connectivity index is 1.55. The number of alkyl halides is 2. The summed E-state index contributed by atoms with van der Waals surface area (Å²) in [5, 5.41) is 6.27. The molecule has 5 fully saturated rings. The van der Waals surface area contributed by atoms with Crippen molar-refractivity contribution in [2.75, 3.05) is 0 Å². The van der Waals surface area contributed by atoms with E-state index in [4.69, 9.17) is 9.29 Å². The van der Waals surface area contributed by atoms with Gasteiger partial charge >= 0.3 is 21.3 Å². The Morgan fingerprint density at radius 1 is 1.08 bits per heavy atom. The lowest BCUT2D eigenvalue weighted by Gasteiger charge is -2.63. The zero-order chi connectivity index (χ0) is 19.0. The Bertz CT molecular complexity index is 699. The van der Waals surface area contributed by atoms with Crippen LogP contribution in [0.4, 0.5) is 8.78 Å². The maximum absolute atomic E-state index is 13.6. The van der Waals surface area contributed by atoms with Crippen LogP contribution in [0, 0.1) is 23.2 Å². The topological polar surface area (TPSA) is 101 Å². The molecule has 5 aliphatic rings. The van der Waals surface area contributed by atoms with Gasteiger partial charge in [0.2, 0.25) is 0 Å². The van der Waals surface area contributed by atoms with E-state index in [2.05, 4.69) is 0 Å². The molecule has 2 N–H and O–H groups in total. The highest BCUT2D eigenvalue weighted by molar-refractivity contribution is 7.87. The minimum atomic E-state index is -5.86. The molecule has 2 unspecified atom stereocenters. The van der Waals surface area contributed by atoms with Gasteiger partial charge in [-0.25, -0.2) is 4.79 Å². The first-order valence-corrected chi connectivity index (χ1v) is 10.7. The van der Waals surface area contributed by atoms with Crippen LogP contribution in [0.3, 0.4) is 0 Å². The van der Waals surface area contributed by atoms with Gasteiger partial charge in [-0.3, -0.25) is 4.55 Å². The second-order valence-corrected chi connectivity index (χ2v) is 10.3. The van der Waals surface area contributed by atoms with E-state index in [1.807, 2.05) is 0 Å². The number of halogens is 2. The number of rotatable bonds is 4. The van der Waals surface area contributed by atoms with Crippen LogP contribution in [-0.4, -0.2) is 41.0 Å². The zero-order valence-electron chi connectivity index (χ0n) is 14.4. The minimum absolute atomic E-state index is 0.146. The summed E-state index contributed by atoms with van der Waals surface area (Å²) in [5.41, 5.74) is -0.968. The van der Waals surface area contributed by atoms with Gasteiger partial charge < -0.3 is 9.84 Å². The first-order valence-electron chi connectivity index (χ1n) is 9.26. The van der Waals surface area contributed by atoms with Crippen LogP contribution in [-0.2, 0) is 19.6 Å². The highest BCUT2D eigenvalue weighted by Gasteiger charge is 2.65. The van der Waals surface area contributed by atoms with Gasteiger partial charge in [0.05, 0.1) is 5.60 Å². The minimum Gasteiger partial charge on any atom is -0.456 e. The van der Waals surface area contributed by atoms with Crippen LogP contribution in [0.2, 0.25) is 0 Å². The van der Waals surface area contributed by atoms with E-state index in [0.717, 1.165) is 44.9 Å². The molecule has 4 bridgehead atoms. The third-order valence-corrected chi connectivity index (χ3v) is 8.22. The quantitative estimate of drug-likeness (QED) is 0.561. The molecule has 6 nitrogen and oxygen atoms in total. The van der Waals surface area contributed by atoms with E-state index in [1.165, 1.54) is 0 Å². The first-order chi connectivity index (χ1) is 12.0. The number of carbonyl (C=O) groups is 1. The van der Waals surface area contributed by atoms with Crippen molar-refractivity contribution in [2.24, 2.45) is 23.2 Å². The molecule has 0 aromatic rings. The monoisotopic (exact) mass is 394 g/mol. The second kappa shape index (κ2) is 5.61. The third-order valence-electron chi connectivity index (χ3n) is 7.41. The number of esters is 1. The van der Waals surface area contributed by atoms with Crippen molar-refractivity contribution in [3.63, 3.8) is 0 Å². The number of hydrogen-bond donors (Lipinski definition) is 2. The molecular weight excluding hydrogens is 370 g/mol. The van der Waals surface area contributed by atoms with E-state index < -0.39 is 33.0 Å².